The second-order valence-electron chi connectivity index (χ2n) is 10.7. The zero-order valence-electron chi connectivity index (χ0n) is 23.0. The molecular formula is C33H33FN2O5. The van der Waals surface area contributed by atoms with E-state index >= 15 is 0 Å². The van der Waals surface area contributed by atoms with Gasteiger partial charge in [-0.2, -0.15) is 0 Å². The number of nitrogens with zero attached hydrogens (tertiary/aromatic N) is 1. The number of halogens is 1. The van der Waals surface area contributed by atoms with Crippen molar-refractivity contribution in [2.75, 3.05) is 5.32 Å². The van der Waals surface area contributed by atoms with Crippen molar-refractivity contribution >= 4 is 17.6 Å². The van der Waals surface area contributed by atoms with Gasteiger partial charge in [0.25, 0.3) is 5.91 Å². The number of aromatic nitrogens is 1. The van der Waals surface area contributed by atoms with Gasteiger partial charge in [0.2, 0.25) is 0 Å². The molecule has 1 amide bonds. The number of ether oxygens (including phenoxy) is 1. The molecule has 3 N–H and O–H groups in total. The molecule has 1 aromatic heterocycles. The van der Waals surface area contributed by atoms with E-state index in [1.807, 2.05) is 44.2 Å². The highest BCUT2D eigenvalue weighted by molar-refractivity contribution is 6.12. The first-order chi connectivity index (χ1) is 19.7. The van der Waals surface area contributed by atoms with Crippen LogP contribution in [-0.2, 0) is 16.1 Å². The molecule has 1 aliphatic heterocycles. The Morgan fingerprint density at radius 1 is 1.02 bits per heavy atom. The maximum absolute atomic E-state index is 14.1. The molecule has 2 heterocycles. The molecule has 7 nitrogen and oxygen atoms in total. The van der Waals surface area contributed by atoms with Crippen LogP contribution in [0.2, 0.25) is 0 Å². The summed E-state index contributed by atoms with van der Waals surface area (Å²) in [5.74, 6) is -1.12. The maximum Gasteiger partial charge on any atom is 0.308 e. The third-order valence-corrected chi connectivity index (χ3v) is 7.29. The number of aliphatic hydroxyl groups excluding tert-OH is 1. The standard InChI is InChI=1S/C33H33FN2O5/c1-20(2)31-30(33(40)35-24-12-14-25(37)15-13-24)29(21-6-4-3-5-7-21)32(22-8-10-23(34)11-9-22)36(31)17-16-27-18-26(38)19-28(39)41-27/h3-15,20,26-27,37-38H,16-19H2,1-2H3,(H,35,40)/t26-,27-/m1/s1. The van der Waals surface area contributed by atoms with Crippen LogP contribution in [-0.4, -0.2) is 38.9 Å². The molecule has 1 aliphatic rings. The fourth-order valence-corrected chi connectivity index (χ4v) is 5.54. The fraction of sp³-hybridized carbons (Fsp3) is 0.273. The van der Waals surface area contributed by atoms with Crippen LogP contribution in [0.1, 0.15) is 55.1 Å². The Balaban J connectivity index is 1.70. The molecule has 1 saturated heterocycles. The molecule has 0 aliphatic carbocycles. The third kappa shape index (κ3) is 6.18. The molecule has 8 heteroatoms. The molecule has 0 bridgehead atoms. The Bertz CT molecular complexity index is 1530. The van der Waals surface area contributed by atoms with Crippen molar-refractivity contribution in [1.82, 2.24) is 4.57 Å². The van der Waals surface area contributed by atoms with Crippen molar-refractivity contribution in [2.24, 2.45) is 0 Å². The number of esters is 1. The molecule has 3 aromatic carbocycles. The molecule has 212 valence electrons. The van der Waals surface area contributed by atoms with Crippen LogP contribution in [0.25, 0.3) is 22.4 Å². The smallest absolute Gasteiger partial charge is 0.308 e. The quantitative estimate of drug-likeness (QED) is 0.170. The van der Waals surface area contributed by atoms with E-state index in [4.69, 9.17) is 4.74 Å². The molecule has 5 rings (SSSR count). The number of amides is 1. The molecule has 1 fully saturated rings. The Morgan fingerprint density at radius 3 is 2.34 bits per heavy atom. The van der Waals surface area contributed by atoms with Gasteiger partial charge >= 0.3 is 5.97 Å². The van der Waals surface area contributed by atoms with Gasteiger partial charge < -0.3 is 24.8 Å². The second kappa shape index (κ2) is 12.0. The van der Waals surface area contributed by atoms with Gasteiger partial charge in [0.1, 0.15) is 17.7 Å². The number of hydrogen-bond acceptors (Lipinski definition) is 5. The molecular weight excluding hydrogens is 523 g/mol. The van der Waals surface area contributed by atoms with Gasteiger partial charge in [-0.15, -0.1) is 0 Å². The highest BCUT2D eigenvalue weighted by atomic mass is 19.1. The van der Waals surface area contributed by atoms with Gasteiger partial charge in [-0.25, -0.2) is 4.39 Å². The predicted octanol–water partition coefficient (Wildman–Crippen LogP) is 6.50. The summed E-state index contributed by atoms with van der Waals surface area (Å²) in [7, 11) is 0. The van der Waals surface area contributed by atoms with Crippen LogP contribution in [0.3, 0.4) is 0 Å². The number of rotatable bonds is 8. The van der Waals surface area contributed by atoms with Gasteiger partial charge in [-0.1, -0.05) is 44.2 Å². The summed E-state index contributed by atoms with van der Waals surface area (Å²) in [6.07, 6.45) is -0.464. The fourth-order valence-electron chi connectivity index (χ4n) is 5.54. The first-order valence-electron chi connectivity index (χ1n) is 13.8. The summed E-state index contributed by atoms with van der Waals surface area (Å²) in [6.45, 7) is 4.42. The van der Waals surface area contributed by atoms with Crippen LogP contribution in [0.5, 0.6) is 5.75 Å². The molecule has 0 saturated carbocycles. The third-order valence-electron chi connectivity index (χ3n) is 7.29. The van der Waals surface area contributed by atoms with E-state index in [-0.39, 0.29) is 29.8 Å². The number of cyclic esters (lactones) is 1. The predicted molar refractivity (Wildman–Crippen MR) is 155 cm³/mol. The number of aliphatic hydroxyl groups is 1. The Labute approximate surface area is 238 Å². The van der Waals surface area contributed by atoms with E-state index in [0.29, 0.717) is 36.2 Å². The molecule has 41 heavy (non-hydrogen) atoms. The zero-order chi connectivity index (χ0) is 29.1. The SMILES string of the molecule is CC(C)c1c(C(=O)Nc2ccc(O)cc2)c(-c2ccccc2)c(-c2ccc(F)cc2)n1CC[C@@H]1C[C@@H](O)CC(=O)O1. The second-order valence-corrected chi connectivity index (χ2v) is 10.7. The largest absolute Gasteiger partial charge is 0.508 e. The number of benzene rings is 3. The first kappa shape index (κ1) is 28.1. The minimum Gasteiger partial charge on any atom is -0.508 e. The number of aromatic hydroxyl groups is 1. The minimum absolute atomic E-state index is 0.0160. The number of phenolic OH excluding ortho intramolecular Hbond substituents is 1. The Hall–Kier alpha value is -4.43. The van der Waals surface area contributed by atoms with Crippen molar-refractivity contribution < 1.29 is 28.9 Å². The van der Waals surface area contributed by atoms with Gasteiger partial charge in [0, 0.05) is 36.3 Å². The summed E-state index contributed by atoms with van der Waals surface area (Å²) < 4.78 is 21.6. The van der Waals surface area contributed by atoms with Crippen LogP contribution >= 0.6 is 0 Å². The lowest BCUT2D eigenvalue weighted by atomic mass is 9.94. The molecule has 4 aromatic rings. The summed E-state index contributed by atoms with van der Waals surface area (Å²) in [6, 6.07) is 22.0. The number of anilines is 1. The monoisotopic (exact) mass is 556 g/mol. The zero-order valence-corrected chi connectivity index (χ0v) is 23.0. The lowest BCUT2D eigenvalue weighted by Gasteiger charge is -2.27. The number of carbonyl (C=O) groups excluding carboxylic acids is 2. The summed E-state index contributed by atoms with van der Waals surface area (Å²) in [4.78, 5) is 26.1. The summed E-state index contributed by atoms with van der Waals surface area (Å²) >= 11 is 0. The van der Waals surface area contributed by atoms with Crippen LogP contribution in [0.4, 0.5) is 10.1 Å². The van der Waals surface area contributed by atoms with Gasteiger partial charge in [-0.05, 0) is 65.6 Å². The molecule has 0 spiro atoms. The van der Waals surface area contributed by atoms with Gasteiger partial charge in [0.15, 0.2) is 0 Å². The van der Waals surface area contributed by atoms with Crippen molar-refractivity contribution in [3.63, 3.8) is 0 Å². The Morgan fingerprint density at radius 2 is 1.71 bits per heavy atom. The number of carbonyl (C=O) groups is 2. The van der Waals surface area contributed by atoms with Crippen molar-refractivity contribution in [1.29, 1.82) is 0 Å². The van der Waals surface area contributed by atoms with Gasteiger partial charge in [0.05, 0.1) is 23.8 Å². The Kier molecular flexibility index (Phi) is 8.21. The number of phenols is 1. The normalized spacial score (nSPS) is 17.0. The topological polar surface area (TPSA) is 101 Å². The van der Waals surface area contributed by atoms with E-state index < -0.39 is 18.2 Å². The van der Waals surface area contributed by atoms with Crippen molar-refractivity contribution in [3.05, 3.63) is 95.9 Å². The maximum atomic E-state index is 14.1. The highest BCUT2D eigenvalue weighted by Gasteiger charge is 2.32. The van der Waals surface area contributed by atoms with Gasteiger partial charge in [-0.3, -0.25) is 9.59 Å². The van der Waals surface area contributed by atoms with Crippen molar-refractivity contribution in [3.8, 4) is 28.1 Å². The molecule has 2 atom stereocenters. The summed E-state index contributed by atoms with van der Waals surface area (Å²) in [5.41, 5.74) is 4.80. The average molecular weight is 557 g/mol. The van der Waals surface area contributed by atoms with E-state index in [9.17, 15) is 24.2 Å². The lowest BCUT2D eigenvalue weighted by Crippen LogP contribution is -2.33. The van der Waals surface area contributed by atoms with E-state index in [1.54, 1.807) is 24.3 Å². The van der Waals surface area contributed by atoms with E-state index in [1.165, 1.54) is 24.3 Å². The van der Waals surface area contributed by atoms with Crippen molar-refractivity contribution in [2.45, 2.75) is 57.8 Å². The van der Waals surface area contributed by atoms with Crippen LogP contribution in [0.15, 0.2) is 78.9 Å². The van der Waals surface area contributed by atoms with Crippen LogP contribution < -0.4 is 5.32 Å². The average Bonchev–Trinajstić information content (AvgIpc) is 3.29. The first-order valence-corrected chi connectivity index (χ1v) is 13.8. The van der Waals surface area contributed by atoms with Crippen LogP contribution in [0, 0.1) is 5.82 Å². The lowest BCUT2D eigenvalue weighted by molar-refractivity contribution is -0.160. The number of nitrogens with one attached hydrogen (secondary N) is 1. The van der Waals surface area contributed by atoms with E-state index in [0.717, 1.165) is 22.5 Å². The molecule has 0 unspecified atom stereocenters. The minimum atomic E-state index is -0.751. The number of hydrogen-bond donors (Lipinski definition) is 3. The summed E-state index contributed by atoms with van der Waals surface area (Å²) in [5, 5.41) is 22.9. The molecule has 0 radical (unpaired) electrons. The highest BCUT2D eigenvalue weighted by Crippen LogP contribution is 2.43. The van der Waals surface area contributed by atoms with E-state index in [2.05, 4.69) is 9.88 Å².